The van der Waals surface area contributed by atoms with Gasteiger partial charge in [-0.1, -0.05) is 5.16 Å². The Morgan fingerprint density at radius 2 is 2.08 bits per heavy atom. The largest absolute Gasteiger partial charge is 0.368 e. The van der Waals surface area contributed by atoms with Crippen LogP contribution in [0.1, 0.15) is 30.9 Å². The molecule has 2 atom stereocenters. The van der Waals surface area contributed by atoms with Crippen LogP contribution in [0.5, 0.6) is 0 Å². The van der Waals surface area contributed by atoms with Gasteiger partial charge in [-0.05, 0) is 31.1 Å². The molecule has 1 aromatic heterocycles. The molecular formula is C9H12N2O. The Morgan fingerprint density at radius 3 is 2.67 bits per heavy atom. The summed E-state index contributed by atoms with van der Waals surface area (Å²) in [6.45, 7) is 0. The Morgan fingerprint density at radius 1 is 1.33 bits per heavy atom. The van der Waals surface area contributed by atoms with Crippen LogP contribution in [-0.2, 0) is 0 Å². The Hall–Kier alpha value is -0.990. The van der Waals surface area contributed by atoms with Crippen LogP contribution in [0.15, 0.2) is 10.6 Å². The zero-order valence-corrected chi connectivity index (χ0v) is 6.86. The van der Waals surface area contributed by atoms with Crippen LogP contribution < -0.4 is 5.73 Å². The third-order valence-corrected chi connectivity index (χ3v) is 3.21. The average Bonchev–Trinajstić information content (AvgIpc) is 2.49. The lowest BCUT2D eigenvalue weighted by Gasteiger charge is -2.05. The number of nitrogens with zero attached hydrogens (tertiary/aromatic N) is 1. The first-order valence-corrected chi connectivity index (χ1v) is 4.55. The van der Waals surface area contributed by atoms with Gasteiger partial charge in [0.1, 0.15) is 0 Å². The Balaban J connectivity index is 1.81. The van der Waals surface area contributed by atoms with Gasteiger partial charge in [-0.3, -0.25) is 0 Å². The molecule has 1 heterocycles. The first-order chi connectivity index (χ1) is 5.83. The molecule has 3 nitrogen and oxygen atoms in total. The van der Waals surface area contributed by atoms with Crippen molar-refractivity contribution in [3.8, 4) is 0 Å². The molecule has 0 saturated heterocycles. The van der Waals surface area contributed by atoms with Gasteiger partial charge in [0.25, 0.3) is 0 Å². The van der Waals surface area contributed by atoms with Crippen molar-refractivity contribution >= 4 is 5.88 Å². The van der Waals surface area contributed by atoms with Crippen LogP contribution in [0.25, 0.3) is 0 Å². The first kappa shape index (κ1) is 6.52. The van der Waals surface area contributed by atoms with Gasteiger partial charge in [-0.2, -0.15) is 0 Å². The molecule has 64 valence electrons. The number of hydrogen-bond donors (Lipinski definition) is 1. The second-order valence-electron chi connectivity index (χ2n) is 4.08. The molecule has 2 saturated carbocycles. The second kappa shape index (κ2) is 2.03. The lowest BCUT2D eigenvalue weighted by Crippen LogP contribution is -1.95. The van der Waals surface area contributed by atoms with Crippen LogP contribution in [0, 0.1) is 11.8 Å². The summed E-state index contributed by atoms with van der Waals surface area (Å²) in [4.78, 5) is 0. The summed E-state index contributed by atoms with van der Waals surface area (Å²) in [6, 6.07) is 1.87. The highest BCUT2D eigenvalue weighted by Crippen LogP contribution is 2.57. The summed E-state index contributed by atoms with van der Waals surface area (Å²) in [6.07, 6.45) is 4.05. The Labute approximate surface area is 70.9 Å². The third kappa shape index (κ3) is 0.854. The van der Waals surface area contributed by atoms with E-state index in [-0.39, 0.29) is 0 Å². The molecule has 2 N–H and O–H groups in total. The first-order valence-electron chi connectivity index (χ1n) is 4.55. The molecule has 0 aromatic carbocycles. The highest BCUT2D eigenvalue weighted by Gasteiger charge is 2.46. The molecule has 2 fully saturated rings. The van der Waals surface area contributed by atoms with Gasteiger partial charge in [0.15, 0.2) is 0 Å². The number of rotatable bonds is 1. The molecule has 3 heteroatoms. The van der Waals surface area contributed by atoms with Gasteiger partial charge >= 0.3 is 0 Å². The summed E-state index contributed by atoms with van der Waals surface area (Å²) in [5, 5.41) is 3.95. The smallest absolute Gasteiger partial charge is 0.222 e. The van der Waals surface area contributed by atoms with E-state index >= 15 is 0 Å². The number of nitrogens with two attached hydrogens (primary N) is 1. The molecule has 0 bridgehead atoms. The quantitative estimate of drug-likeness (QED) is 0.688. The molecule has 0 amide bonds. The molecule has 2 aliphatic rings. The van der Waals surface area contributed by atoms with Gasteiger partial charge < -0.3 is 10.3 Å². The van der Waals surface area contributed by atoms with E-state index in [2.05, 4.69) is 5.16 Å². The van der Waals surface area contributed by atoms with E-state index in [0.29, 0.717) is 11.8 Å². The summed E-state index contributed by atoms with van der Waals surface area (Å²) in [7, 11) is 0. The maximum atomic E-state index is 5.46. The predicted molar refractivity (Wildman–Crippen MR) is 44.5 cm³/mol. The van der Waals surface area contributed by atoms with Crippen LogP contribution in [0.3, 0.4) is 0 Å². The van der Waals surface area contributed by atoms with E-state index in [9.17, 15) is 0 Å². The van der Waals surface area contributed by atoms with Crippen molar-refractivity contribution in [2.75, 3.05) is 5.73 Å². The van der Waals surface area contributed by atoms with Crippen molar-refractivity contribution in [3.63, 3.8) is 0 Å². The minimum Gasteiger partial charge on any atom is -0.368 e. The number of fused-ring (bicyclic) bond motifs is 1. The number of hydrogen-bond acceptors (Lipinski definition) is 3. The summed E-state index contributed by atoms with van der Waals surface area (Å²) >= 11 is 0. The Kier molecular flexibility index (Phi) is 1.10. The van der Waals surface area contributed by atoms with Crippen LogP contribution in [0.4, 0.5) is 5.88 Å². The number of aromatic nitrogens is 1. The molecule has 12 heavy (non-hydrogen) atoms. The molecule has 2 aliphatic carbocycles. The zero-order valence-electron chi connectivity index (χ0n) is 6.86. The minimum atomic E-state index is 0.450. The molecule has 0 unspecified atom stereocenters. The normalized spacial score (nSPS) is 33.7. The summed E-state index contributed by atoms with van der Waals surface area (Å²) < 4.78 is 4.85. The van der Waals surface area contributed by atoms with E-state index in [1.165, 1.54) is 19.3 Å². The fourth-order valence-electron chi connectivity index (χ4n) is 2.45. The van der Waals surface area contributed by atoms with Crippen molar-refractivity contribution in [1.82, 2.24) is 5.16 Å². The van der Waals surface area contributed by atoms with Gasteiger partial charge in [0.2, 0.25) is 5.88 Å². The van der Waals surface area contributed by atoms with Crippen LogP contribution in [0.2, 0.25) is 0 Å². The van der Waals surface area contributed by atoms with Gasteiger partial charge in [-0.25, -0.2) is 0 Å². The number of anilines is 1. The molecule has 3 rings (SSSR count). The highest BCUT2D eigenvalue weighted by molar-refractivity contribution is 5.27. The van der Waals surface area contributed by atoms with Crippen molar-refractivity contribution in [2.24, 2.45) is 11.8 Å². The maximum Gasteiger partial charge on any atom is 0.222 e. The lowest BCUT2D eigenvalue weighted by molar-refractivity contribution is 0.416. The molecule has 1 aromatic rings. The van der Waals surface area contributed by atoms with Crippen LogP contribution >= 0.6 is 0 Å². The van der Waals surface area contributed by atoms with Crippen molar-refractivity contribution < 1.29 is 4.52 Å². The summed E-state index contributed by atoms with van der Waals surface area (Å²) in [5.41, 5.74) is 6.53. The van der Waals surface area contributed by atoms with Crippen molar-refractivity contribution in [3.05, 3.63) is 11.8 Å². The van der Waals surface area contributed by atoms with E-state index < -0.39 is 0 Å². The predicted octanol–water partition coefficient (Wildman–Crippen LogP) is 1.77. The molecule has 0 spiro atoms. The fourth-order valence-corrected chi connectivity index (χ4v) is 2.45. The highest BCUT2D eigenvalue weighted by atomic mass is 16.5. The Bertz CT molecular complexity index is 297. The standard InChI is InChI=1S/C9H12N2O/c10-9-4-8(11-12-9)7-2-5-1-6(5)3-7/h4-7H,1-3,10H2/t5-,6-/m0/s1. The van der Waals surface area contributed by atoms with Gasteiger partial charge in [0.05, 0.1) is 5.69 Å². The van der Waals surface area contributed by atoms with E-state index in [1.807, 2.05) is 6.07 Å². The fraction of sp³-hybridized carbons (Fsp3) is 0.667. The maximum absolute atomic E-state index is 5.46. The zero-order chi connectivity index (χ0) is 8.13. The van der Waals surface area contributed by atoms with E-state index in [4.69, 9.17) is 10.3 Å². The van der Waals surface area contributed by atoms with Gasteiger partial charge in [-0.15, -0.1) is 0 Å². The topological polar surface area (TPSA) is 52.0 Å². The van der Waals surface area contributed by atoms with Crippen molar-refractivity contribution in [1.29, 1.82) is 0 Å². The minimum absolute atomic E-state index is 0.450. The SMILES string of the molecule is Nc1cc(C2C[C@@H]3C[C@H]3C2)no1. The molecule has 0 aliphatic heterocycles. The molecule has 0 radical (unpaired) electrons. The van der Waals surface area contributed by atoms with Crippen molar-refractivity contribution in [2.45, 2.75) is 25.2 Å². The van der Waals surface area contributed by atoms with E-state index in [1.54, 1.807) is 0 Å². The third-order valence-electron chi connectivity index (χ3n) is 3.21. The number of nitrogen functional groups attached to an aromatic ring is 1. The summed E-state index contributed by atoms with van der Waals surface area (Å²) in [5.74, 6) is 3.07. The average molecular weight is 164 g/mol. The van der Waals surface area contributed by atoms with Crippen LogP contribution in [-0.4, -0.2) is 5.16 Å². The second-order valence-corrected chi connectivity index (χ2v) is 4.08. The monoisotopic (exact) mass is 164 g/mol. The van der Waals surface area contributed by atoms with E-state index in [0.717, 1.165) is 17.5 Å². The molecular weight excluding hydrogens is 152 g/mol. The van der Waals surface area contributed by atoms with Gasteiger partial charge in [0, 0.05) is 12.0 Å². The lowest BCUT2D eigenvalue weighted by atomic mass is 10.00.